The highest BCUT2D eigenvalue weighted by atomic mass is 16.5. The largest absolute Gasteiger partial charge is 0.455 e. The highest BCUT2D eigenvalue weighted by Crippen LogP contribution is 2.30. The number of anilines is 1. The van der Waals surface area contributed by atoms with E-state index in [1.807, 2.05) is 42.5 Å². The molecule has 3 heteroatoms. The lowest BCUT2D eigenvalue weighted by atomic mass is 10.1. The van der Waals surface area contributed by atoms with Crippen LogP contribution in [0.5, 0.6) is 11.5 Å². The van der Waals surface area contributed by atoms with Gasteiger partial charge in [-0.05, 0) is 57.2 Å². The van der Waals surface area contributed by atoms with E-state index in [-0.39, 0.29) is 0 Å². The number of hydrogen-bond acceptors (Lipinski definition) is 3. The summed E-state index contributed by atoms with van der Waals surface area (Å²) >= 11 is 0. The number of piperidine rings is 1. The molecule has 0 unspecified atom stereocenters. The van der Waals surface area contributed by atoms with E-state index in [1.165, 1.54) is 12.8 Å². The van der Waals surface area contributed by atoms with Crippen LogP contribution in [0, 0.1) is 0 Å². The Morgan fingerprint density at radius 3 is 2.38 bits per heavy atom. The monoisotopic (exact) mass is 282 g/mol. The fraction of sp³-hybridized carbons (Fsp3) is 0.333. The van der Waals surface area contributed by atoms with Gasteiger partial charge in [-0.1, -0.05) is 30.3 Å². The summed E-state index contributed by atoms with van der Waals surface area (Å²) < 4.78 is 6.00. The molecule has 2 aromatic rings. The lowest BCUT2D eigenvalue weighted by Crippen LogP contribution is -2.36. The number of para-hydroxylation sites is 3. The van der Waals surface area contributed by atoms with Crippen molar-refractivity contribution < 1.29 is 4.74 Å². The molecule has 0 aliphatic carbocycles. The molecule has 1 saturated heterocycles. The van der Waals surface area contributed by atoms with Crippen LogP contribution in [-0.4, -0.2) is 31.1 Å². The van der Waals surface area contributed by atoms with Gasteiger partial charge in [-0.25, -0.2) is 0 Å². The molecule has 1 fully saturated rings. The smallest absolute Gasteiger partial charge is 0.150 e. The number of hydrogen-bond donors (Lipinski definition) is 1. The van der Waals surface area contributed by atoms with Gasteiger partial charge in [0.15, 0.2) is 5.75 Å². The van der Waals surface area contributed by atoms with E-state index in [9.17, 15) is 0 Å². The maximum atomic E-state index is 6.00. The number of rotatable bonds is 4. The second-order valence-electron chi connectivity index (χ2n) is 5.63. The van der Waals surface area contributed by atoms with Crippen molar-refractivity contribution >= 4 is 5.69 Å². The van der Waals surface area contributed by atoms with Crippen molar-refractivity contribution in [1.82, 2.24) is 4.90 Å². The first-order valence-corrected chi connectivity index (χ1v) is 7.58. The predicted molar refractivity (Wildman–Crippen MR) is 87.1 cm³/mol. The Labute approximate surface area is 126 Å². The first-order valence-electron chi connectivity index (χ1n) is 7.58. The van der Waals surface area contributed by atoms with Gasteiger partial charge in [0.05, 0.1) is 5.69 Å². The Kier molecular flexibility index (Phi) is 4.41. The summed E-state index contributed by atoms with van der Waals surface area (Å²) in [5.74, 6) is 1.76. The van der Waals surface area contributed by atoms with Gasteiger partial charge in [0.25, 0.3) is 0 Å². The van der Waals surface area contributed by atoms with E-state index in [0.29, 0.717) is 6.04 Å². The summed E-state index contributed by atoms with van der Waals surface area (Å²) in [6.45, 7) is 2.30. The maximum absolute atomic E-state index is 6.00. The third-order valence-electron chi connectivity index (χ3n) is 3.94. The van der Waals surface area contributed by atoms with Crippen molar-refractivity contribution in [2.75, 3.05) is 25.5 Å². The molecule has 3 nitrogen and oxygen atoms in total. The van der Waals surface area contributed by atoms with Crippen molar-refractivity contribution in [3.8, 4) is 11.5 Å². The topological polar surface area (TPSA) is 24.5 Å². The molecule has 1 aliphatic heterocycles. The van der Waals surface area contributed by atoms with Gasteiger partial charge < -0.3 is 15.0 Å². The molecule has 1 aliphatic rings. The van der Waals surface area contributed by atoms with Gasteiger partial charge >= 0.3 is 0 Å². The average Bonchev–Trinajstić information content (AvgIpc) is 2.52. The van der Waals surface area contributed by atoms with E-state index in [1.54, 1.807) is 0 Å². The number of likely N-dealkylation sites (tertiary alicyclic amines) is 1. The highest BCUT2D eigenvalue weighted by Gasteiger charge is 2.17. The quantitative estimate of drug-likeness (QED) is 0.918. The lowest BCUT2D eigenvalue weighted by Gasteiger charge is -2.30. The van der Waals surface area contributed by atoms with Crippen molar-refractivity contribution in [3.63, 3.8) is 0 Å². The summed E-state index contributed by atoms with van der Waals surface area (Å²) in [5.41, 5.74) is 1.08. The second kappa shape index (κ2) is 6.64. The zero-order valence-corrected chi connectivity index (χ0v) is 12.5. The van der Waals surface area contributed by atoms with Crippen LogP contribution < -0.4 is 10.1 Å². The molecule has 0 bridgehead atoms. The van der Waals surface area contributed by atoms with Gasteiger partial charge in [0.1, 0.15) is 5.75 Å². The Bertz CT molecular complexity index is 562. The van der Waals surface area contributed by atoms with Crippen LogP contribution in [-0.2, 0) is 0 Å². The predicted octanol–water partition coefficient (Wildman–Crippen LogP) is 3.99. The number of benzene rings is 2. The molecule has 0 aromatic heterocycles. The summed E-state index contributed by atoms with van der Waals surface area (Å²) in [5, 5.41) is 3.64. The average molecular weight is 282 g/mol. The van der Waals surface area contributed by atoms with Crippen molar-refractivity contribution in [1.29, 1.82) is 0 Å². The minimum atomic E-state index is 0.529. The van der Waals surface area contributed by atoms with Crippen molar-refractivity contribution in [2.24, 2.45) is 0 Å². The Morgan fingerprint density at radius 2 is 1.62 bits per heavy atom. The van der Waals surface area contributed by atoms with Crippen LogP contribution in [0.25, 0.3) is 0 Å². The molecular formula is C18H22N2O. The van der Waals surface area contributed by atoms with Crippen LogP contribution >= 0.6 is 0 Å². The van der Waals surface area contributed by atoms with E-state index in [4.69, 9.17) is 4.74 Å². The third-order valence-corrected chi connectivity index (χ3v) is 3.94. The Hall–Kier alpha value is -2.00. The summed E-state index contributed by atoms with van der Waals surface area (Å²) in [4.78, 5) is 2.38. The lowest BCUT2D eigenvalue weighted by molar-refractivity contribution is 0.263. The molecule has 3 rings (SSSR count). The molecular weight excluding hydrogens is 260 g/mol. The number of ether oxygens (including phenoxy) is 1. The molecule has 1 heterocycles. The van der Waals surface area contributed by atoms with E-state index >= 15 is 0 Å². The fourth-order valence-corrected chi connectivity index (χ4v) is 2.66. The number of nitrogens with one attached hydrogen (secondary N) is 1. The molecule has 0 saturated carbocycles. The summed E-state index contributed by atoms with van der Waals surface area (Å²) in [6, 6.07) is 18.6. The van der Waals surface area contributed by atoms with Gasteiger partial charge in [-0.3, -0.25) is 0 Å². The van der Waals surface area contributed by atoms with Crippen LogP contribution in [0.3, 0.4) is 0 Å². The molecule has 0 amide bonds. The standard InChI is InChI=1S/C18H22N2O/c1-20-13-11-15(12-14-20)19-17-9-5-6-10-18(17)21-16-7-3-2-4-8-16/h2-10,15,19H,11-14H2,1H3. The SMILES string of the molecule is CN1CCC(Nc2ccccc2Oc2ccccc2)CC1. The molecule has 21 heavy (non-hydrogen) atoms. The third kappa shape index (κ3) is 3.76. The molecule has 2 aromatic carbocycles. The zero-order chi connectivity index (χ0) is 14.5. The molecule has 0 spiro atoms. The first kappa shape index (κ1) is 14.0. The molecule has 0 atom stereocenters. The van der Waals surface area contributed by atoms with Gasteiger partial charge in [-0.2, -0.15) is 0 Å². The normalized spacial score (nSPS) is 16.6. The molecule has 1 N–H and O–H groups in total. The van der Waals surface area contributed by atoms with Crippen LogP contribution in [0.4, 0.5) is 5.69 Å². The maximum Gasteiger partial charge on any atom is 0.150 e. The second-order valence-corrected chi connectivity index (χ2v) is 5.63. The molecule has 0 radical (unpaired) electrons. The van der Waals surface area contributed by atoms with Crippen LogP contribution in [0.15, 0.2) is 54.6 Å². The van der Waals surface area contributed by atoms with Gasteiger partial charge in [0.2, 0.25) is 0 Å². The fourth-order valence-electron chi connectivity index (χ4n) is 2.66. The minimum Gasteiger partial charge on any atom is -0.455 e. The number of nitrogens with zero attached hydrogens (tertiary/aromatic N) is 1. The van der Waals surface area contributed by atoms with Gasteiger partial charge in [0, 0.05) is 6.04 Å². The summed E-state index contributed by atoms with van der Waals surface area (Å²) in [6.07, 6.45) is 2.35. The van der Waals surface area contributed by atoms with E-state index in [2.05, 4.69) is 29.4 Å². The van der Waals surface area contributed by atoms with Crippen molar-refractivity contribution in [3.05, 3.63) is 54.6 Å². The van der Waals surface area contributed by atoms with E-state index < -0.39 is 0 Å². The molecule has 110 valence electrons. The van der Waals surface area contributed by atoms with Crippen LogP contribution in [0.2, 0.25) is 0 Å². The van der Waals surface area contributed by atoms with Crippen molar-refractivity contribution in [2.45, 2.75) is 18.9 Å². The zero-order valence-electron chi connectivity index (χ0n) is 12.5. The summed E-state index contributed by atoms with van der Waals surface area (Å²) in [7, 11) is 2.18. The Morgan fingerprint density at radius 1 is 0.952 bits per heavy atom. The van der Waals surface area contributed by atoms with E-state index in [0.717, 1.165) is 30.3 Å². The first-order chi connectivity index (χ1) is 10.3. The minimum absolute atomic E-state index is 0.529. The van der Waals surface area contributed by atoms with Crippen LogP contribution in [0.1, 0.15) is 12.8 Å². The van der Waals surface area contributed by atoms with Gasteiger partial charge in [-0.15, -0.1) is 0 Å². The Balaban J connectivity index is 1.70. The highest BCUT2D eigenvalue weighted by molar-refractivity contribution is 5.58.